The third-order valence-corrected chi connectivity index (χ3v) is 2.22. The van der Waals surface area contributed by atoms with E-state index in [0.717, 1.165) is 0 Å². The molecule has 0 aliphatic rings. The highest BCUT2D eigenvalue weighted by atomic mass is 16.6. The fraction of sp³-hybridized carbons (Fsp3) is 0.500. The molecular formula is C14H22N2O4. The van der Waals surface area contributed by atoms with Crippen LogP contribution in [0.1, 0.15) is 20.8 Å². The van der Waals surface area contributed by atoms with E-state index in [-0.39, 0.29) is 0 Å². The number of carbonyl (C=O) groups excluding carboxylic acids is 1. The van der Waals surface area contributed by atoms with Crippen molar-refractivity contribution in [2.45, 2.75) is 26.4 Å². The van der Waals surface area contributed by atoms with Gasteiger partial charge in [0.1, 0.15) is 18.0 Å². The topological polar surface area (TPSA) is 82.8 Å². The number of hydrogen-bond donors (Lipinski definition) is 2. The van der Waals surface area contributed by atoms with E-state index in [9.17, 15) is 4.79 Å². The molecule has 0 fully saturated rings. The van der Waals surface area contributed by atoms with Gasteiger partial charge >= 0.3 is 6.09 Å². The van der Waals surface area contributed by atoms with Crippen molar-refractivity contribution in [3.05, 3.63) is 18.2 Å². The molecular weight excluding hydrogens is 260 g/mol. The third kappa shape index (κ3) is 5.79. The summed E-state index contributed by atoms with van der Waals surface area (Å²) < 4.78 is 15.5. The minimum Gasteiger partial charge on any atom is -0.491 e. The standard InChI is InChI=1S/C14H22N2O4/c1-14(2,3)20-13(17)16-12-9-10(5-6-11(12)15)19-8-7-18-4/h5-6,9H,7-8,15H2,1-4H3,(H,16,17). The Balaban J connectivity index is 2.68. The zero-order valence-electron chi connectivity index (χ0n) is 12.4. The van der Waals surface area contributed by atoms with Gasteiger partial charge in [-0.25, -0.2) is 4.79 Å². The number of nitrogens with one attached hydrogen (secondary N) is 1. The Kier molecular flexibility index (Phi) is 5.64. The zero-order valence-corrected chi connectivity index (χ0v) is 12.4. The van der Waals surface area contributed by atoms with Crippen LogP contribution in [0, 0.1) is 0 Å². The largest absolute Gasteiger partial charge is 0.491 e. The number of benzene rings is 1. The van der Waals surface area contributed by atoms with Crippen molar-refractivity contribution < 1.29 is 19.0 Å². The second-order valence-corrected chi connectivity index (χ2v) is 5.22. The van der Waals surface area contributed by atoms with Gasteiger partial charge < -0.3 is 19.9 Å². The summed E-state index contributed by atoms with van der Waals surface area (Å²) in [4.78, 5) is 11.7. The van der Waals surface area contributed by atoms with Gasteiger partial charge in [-0.15, -0.1) is 0 Å². The summed E-state index contributed by atoms with van der Waals surface area (Å²) in [6.07, 6.45) is -0.557. The van der Waals surface area contributed by atoms with E-state index in [0.29, 0.717) is 30.3 Å². The number of amides is 1. The highest BCUT2D eigenvalue weighted by molar-refractivity contribution is 5.89. The maximum atomic E-state index is 11.7. The Labute approximate surface area is 119 Å². The fourth-order valence-electron chi connectivity index (χ4n) is 1.39. The summed E-state index contributed by atoms with van der Waals surface area (Å²) in [7, 11) is 1.60. The first-order chi connectivity index (χ1) is 9.31. The molecule has 0 spiro atoms. The first kappa shape index (κ1) is 16.1. The number of nitrogens with two attached hydrogens (primary N) is 1. The molecule has 20 heavy (non-hydrogen) atoms. The van der Waals surface area contributed by atoms with E-state index in [1.807, 2.05) is 0 Å². The molecule has 0 radical (unpaired) electrons. The van der Waals surface area contributed by atoms with Gasteiger partial charge in [0.25, 0.3) is 0 Å². The molecule has 0 aliphatic heterocycles. The molecule has 1 aromatic carbocycles. The first-order valence-corrected chi connectivity index (χ1v) is 6.33. The molecule has 112 valence electrons. The highest BCUT2D eigenvalue weighted by Crippen LogP contribution is 2.25. The molecule has 0 aromatic heterocycles. The first-order valence-electron chi connectivity index (χ1n) is 6.33. The van der Waals surface area contributed by atoms with Gasteiger partial charge in [0.05, 0.1) is 18.0 Å². The molecule has 0 heterocycles. The molecule has 0 unspecified atom stereocenters. The maximum Gasteiger partial charge on any atom is 0.412 e. The molecule has 6 heteroatoms. The highest BCUT2D eigenvalue weighted by Gasteiger charge is 2.17. The summed E-state index contributed by atoms with van der Waals surface area (Å²) in [5.41, 5.74) is 6.13. The van der Waals surface area contributed by atoms with Crippen molar-refractivity contribution in [3.8, 4) is 5.75 Å². The van der Waals surface area contributed by atoms with Crippen LogP contribution in [0.25, 0.3) is 0 Å². The lowest BCUT2D eigenvalue weighted by Crippen LogP contribution is -2.27. The smallest absolute Gasteiger partial charge is 0.412 e. The summed E-state index contributed by atoms with van der Waals surface area (Å²) >= 11 is 0. The average Bonchev–Trinajstić information content (AvgIpc) is 2.31. The number of hydrogen-bond acceptors (Lipinski definition) is 5. The number of rotatable bonds is 5. The second kappa shape index (κ2) is 7.00. The van der Waals surface area contributed by atoms with Crippen molar-refractivity contribution in [1.82, 2.24) is 0 Å². The lowest BCUT2D eigenvalue weighted by atomic mass is 10.2. The molecule has 0 bridgehead atoms. The average molecular weight is 282 g/mol. The van der Waals surface area contributed by atoms with Crippen molar-refractivity contribution in [2.75, 3.05) is 31.4 Å². The summed E-state index contributed by atoms with van der Waals surface area (Å²) in [6, 6.07) is 5.04. The van der Waals surface area contributed by atoms with Crippen LogP contribution in [0.5, 0.6) is 5.75 Å². The van der Waals surface area contributed by atoms with Gasteiger partial charge in [-0.1, -0.05) is 0 Å². The van der Waals surface area contributed by atoms with Crippen LogP contribution < -0.4 is 15.8 Å². The van der Waals surface area contributed by atoms with Crippen LogP contribution in [0.4, 0.5) is 16.2 Å². The number of anilines is 2. The molecule has 0 aliphatic carbocycles. The van der Waals surface area contributed by atoms with Gasteiger partial charge in [-0.2, -0.15) is 0 Å². The Bertz CT molecular complexity index is 455. The molecule has 0 atom stereocenters. The summed E-state index contributed by atoms with van der Waals surface area (Å²) in [5, 5.41) is 2.60. The Morgan fingerprint density at radius 2 is 2.00 bits per heavy atom. The number of ether oxygens (including phenoxy) is 3. The molecule has 1 amide bonds. The van der Waals surface area contributed by atoms with E-state index >= 15 is 0 Å². The van der Waals surface area contributed by atoms with Gasteiger partial charge in [0.2, 0.25) is 0 Å². The Hall–Kier alpha value is -1.95. The molecule has 3 N–H and O–H groups in total. The predicted molar refractivity (Wildman–Crippen MR) is 78.1 cm³/mol. The Morgan fingerprint density at radius 3 is 2.60 bits per heavy atom. The van der Waals surface area contributed by atoms with E-state index in [1.165, 1.54) is 0 Å². The van der Waals surface area contributed by atoms with Crippen molar-refractivity contribution in [2.24, 2.45) is 0 Å². The van der Waals surface area contributed by atoms with Gasteiger partial charge in [-0.3, -0.25) is 5.32 Å². The fourth-order valence-corrected chi connectivity index (χ4v) is 1.39. The van der Waals surface area contributed by atoms with Crippen molar-refractivity contribution >= 4 is 17.5 Å². The van der Waals surface area contributed by atoms with Crippen LogP contribution in [0.2, 0.25) is 0 Å². The number of carbonyl (C=O) groups is 1. The normalized spacial score (nSPS) is 11.0. The summed E-state index contributed by atoms with van der Waals surface area (Å²) in [5.74, 6) is 0.599. The molecule has 1 rings (SSSR count). The van der Waals surface area contributed by atoms with Crippen LogP contribution in [0.3, 0.4) is 0 Å². The number of nitrogen functional groups attached to an aromatic ring is 1. The van der Waals surface area contributed by atoms with Crippen LogP contribution in [-0.2, 0) is 9.47 Å². The lowest BCUT2D eigenvalue weighted by Gasteiger charge is -2.20. The lowest BCUT2D eigenvalue weighted by molar-refractivity contribution is 0.0636. The minimum absolute atomic E-state index is 0.423. The van der Waals surface area contributed by atoms with Crippen LogP contribution in [0.15, 0.2) is 18.2 Å². The molecule has 6 nitrogen and oxygen atoms in total. The van der Waals surface area contributed by atoms with Crippen molar-refractivity contribution in [1.29, 1.82) is 0 Å². The third-order valence-electron chi connectivity index (χ3n) is 2.22. The predicted octanol–water partition coefficient (Wildman–Crippen LogP) is 2.64. The number of methoxy groups -OCH3 is 1. The Morgan fingerprint density at radius 1 is 1.30 bits per heavy atom. The van der Waals surface area contributed by atoms with Crippen LogP contribution >= 0.6 is 0 Å². The van der Waals surface area contributed by atoms with Gasteiger partial charge in [0, 0.05) is 13.2 Å². The molecule has 0 saturated carbocycles. The molecule has 1 aromatic rings. The van der Waals surface area contributed by atoms with E-state index in [2.05, 4.69) is 5.32 Å². The molecule has 0 saturated heterocycles. The van der Waals surface area contributed by atoms with Crippen molar-refractivity contribution in [3.63, 3.8) is 0 Å². The maximum absolute atomic E-state index is 11.7. The van der Waals surface area contributed by atoms with Gasteiger partial charge in [-0.05, 0) is 32.9 Å². The second-order valence-electron chi connectivity index (χ2n) is 5.22. The van der Waals surface area contributed by atoms with E-state index in [1.54, 1.807) is 46.1 Å². The monoisotopic (exact) mass is 282 g/mol. The minimum atomic E-state index is -0.564. The SMILES string of the molecule is COCCOc1ccc(N)c(NC(=O)OC(C)(C)C)c1. The quantitative estimate of drug-likeness (QED) is 0.641. The van der Waals surface area contributed by atoms with Gasteiger partial charge in [0.15, 0.2) is 0 Å². The van der Waals surface area contributed by atoms with Crippen LogP contribution in [-0.4, -0.2) is 32.0 Å². The zero-order chi connectivity index (χ0) is 15.2. The summed E-state index contributed by atoms with van der Waals surface area (Å²) in [6.45, 7) is 6.28. The van der Waals surface area contributed by atoms with E-state index < -0.39 is 11.7 Å². The van der Waals surface area contributed by atoms with E-state index in [4.69, 9.17) is 19.9 Å².